The van der Waals surface area contributed by atoms with Crippen LogP contribution in [0.5, 0.6) is 5.75 Å². The summed E-state index contributed by atoms with van der Waals surface area (Å²) in [6.07, 6.45) is 1.23. The Bertz CT molecular complexity index is 1210. The number of anilines is 2. The molecule has 0 unspecified atom stereocenters. The van der Waals surface area contributed by atoms with E-state index in [1.807, 2.05) is 49.4 Å². The summed E-state index contributed by atoms with van der Waals surface area (Å²) < 4.78 is 46.7. The minimum Gasteiger partial charge on any atom is -0.493 e. The summed E-state index contributed by atoms with van der Waals surface area (Å²) in [6, 6.07) is 17.7. The molecule has 0 spiro atoms. The number of aromatic nitrogens is 2. The van der Waals surface area contributed by atoms with Gasteiger partial charge in [0, 0.05) is 28.5 Å². The monoisotopic (exact) mass is 483 g/mol. The van der Waals surface area contributed by atoms with E-state index < -0.39 is 11.7 Å². The number of benzene rings is 2. The van der Waals surface area contributed by atoms with Crippen molar-refractivity contribution in [3.63, 3.8) is 0 Å². The molecule has 4 aromatic rings. The van der Waals surface area contributed by atoms with E-state index >= 15 is 0 Å². The van der Waals surface area contributed by atoms with E-state index in [1.165, 1.54) is 23.0 Å². The number of rotatable bonds is 9. The van der Waals surface area contributed by atoms with E-state index in [-0.39, 0.29) is 12.4 Å². The lowest BCUT2D eigenvalue weighted by Crippen LogP contribution is -2.10. The van der Waals surface area contributed by atoms with Crippen molar-refractivity contribution in [2.24, 2.45) is 0 Å². The Hall–Kier alpha value is -3.39. The third-order valence-corrected chi connectivity index (χ3v) is 6.11. The van der Waals surface area contributed by atoms with Crippen LogP contribution in [0.25, 0.3) is 11.3 Å². The first-order chi connectivity index (χ1) is 16.4. The number of unbranched alkanes of at least 4 members (excludes halogenated alkanes) is 1. The van der Waals surface area contributed by atoms with Gasteiger partial charge in [-0.2, -0.15) is 13.2 Å². The molecule has 4 rings (SSSR count). The highest BCUT2D eigenvalue weighted by molar-refractivity contribution is 7.16. The summed E-state index contributed by atoms with van der Waals surface area (Å²) in [7, 11) is 0. The molecule has 0 saturated carbocycles. The average Bonchev–Trinajstić information content (AvgIpc) is 3.20. The standard InChI is InChI=1S/C26H24F3N3OS/c1-18-24(20-11-7-14-30-17-20)32-25(34-18)31-21-12-13-23(22(16-21)26(27,28)29)33-15-6-5-10-19-8-3-2-4-9-19/h2-4,7-9,11-14,16-17H,5-6,10,15H2,1H3,(H,31,32). The number of nitrogens with zero attached hydrogens (tertiary/aromatic N) is 2. The normalized spacial score (nSPS) is 11.4. The average molecular weight is 484 g/mol. The van der Waals surface area contributed by atoms with Gasteiger partial charge in [-0.1, -0.05) is 30.3 Å². The fourth-order valence-electron chi connectivity index (χ4n) is 3.56. The molecule has 2 heterocycles. The molecule has 176 valence electrons. The topological polar surface area (TPSA) is 47.0 Å². The second-order valence-corrected chi connectivity index (χ2v) is 8.99. The van der Waals surface area contributed by atoms with E-state index in [0.29, 0.717) is 17.2 Å². The van der Waals surface area contributed by atoms with Crippen LogP contribution in [0.4, 0.5) is 24.0 Å². The zero-order valence-corrected chi connectivity index (χ0v) is 19.4. The number of halogens is 3. The molecule has 4 nitrogen and oxygen atoms in total. The number of aryl methyl sites for hydroxylation is 2. The predicted octanol–water partition coefficient (Wildman–Crippen LogP) is 7.68. The molecule has 2 aromatic carbocycles. The Balaban J connectivity index is 1.42. The van der Waals surface area contributed by atoms with Crippen LogP contribution in [0.3, 0.4) is 0 Å². The largest absolute Gasteiger partial charge is 0.493 e. The van der Waals surface area contributed by atoms with Gasteiger partial charge in [-0.15, -0.1) is 11.3 Å². The SMILES string of the molecule is Cc1sc(Nc2ccc(OCCCCc3ccccc3)c(C(F)(F)F)c2)nc1-c1cccnc1. The molecule has 0 fully saturated rings. The van der Waals surface area contributed by atoms with Gasteiger partial charge in [-0.3, -0.25) is 4.98 Å². The Morgan fingerprint density at radius 3 is 2.56 bits per heavy atom. The zero-order chi connectivity index (χ0) is 24.0. The molecule has 0 atom stereocenters. The van der Waals surface area contributed by atoms with Crippen LogP contribution in [0, 0.1) is 6.92 Å². The molecule has 0 amide bonds. The van der Waals surface area contributed by atoms with Gasteiger partial charge in [-0.25, -0.2) is 4.98 Å². The van der Waals surface area contributed by atoms with Crippen LogP contribution in [0.2, 0.25) is 0 Å². The van der Waals surface area contributed by atoms with Crippen molar-refractivity contribution in [2.75, 3.05) is 11.9 Å². The maximum atomic E-state index is 13.7. The molecule has 0 aliphatic rings. The summed E-state index contributed by atoms with van der Waals surface area (Å²) in [5.41, 5.74) is 2.32. The molecule has 0 saturated heterocycles. The minimum absolute atomic E-state index is 0.163. The lowest BCUT2D eigenvalue weighted by atomic mass is 10.1. The molecule has 0 radical (unpaired) electrons. The highest BCUT2D eigenvalue weighted by Gasteiger charge is 2.34. The number of hydrogen-bond acceptors (Lipinski definition) is 5. The zero-order valence-electron chi connectivity index (χ0n) is 18.6. The summed E-state index contributed by atoms with van der Waals surface area (Å²) in [4.78, 5) is 9.59. The van der Waals surface area contributed by atoms with Gasteiger partial charge in [0.15, 0.2) is 5.13 Å². The Kier molecular flexibility index (Phi) is 7.47. The predicted molar refractivity (Wildman–Crippen MR) is 130 cm³/mol. The summed E-state index contributed by atoms with van der Waals surface area (Å²) in [5.74, 6) is -0.163. The van der Waals surface area contributed by atoms with Crippen LogP contribution < -0.4 is 10.1 Å². The number of alkyl halides is 3. The van der Waals surface area contributed by atoms with E-state index in [2.05, 4.69) is 15.3 Å². The maximum Gasteiger partial charge on any atom is 0.420 e. The van der Waals surface area contributed by atoms with Crippen LogP contribution in [-0.2, 0) is 12.6 Å². The fraction of sp³-hybridized carbons (Fsp3) is 0.231. The molecule has 0 bridgehead atoms. The number of thiazole rings is 1. The fourth-order valence-corrected chi connectivity index (χ4v) is 4.41. The number of nitrogens with one attached hydrogen (secondary N) is 1. The second kappa shape index (κ2) is 10.7. The van der Waals surface area contributed by atoms with Crippen LogP contribution in [0.15, 0.2) is 73.1 Å². The lowest BCUT2D eigenvalue weighted by molar-refractivity contribution is -0.138. The van der Waals surface area contributed by atoms with Gasteiger partial charge in [0.2, 0.25) is 0 Å². The minimum atomic E-state index is -4.53. The number of pyridine rings is 1. The third-order valence-electron chi connectivity index (χ3n) is 5.23. The van der Waals surface area contributed by atoms with Crippen LogP contribution in [0.1, 0.15) is 28.8 Å². The summed E-state index contributed by atoms with van der Waals surface area (Å²) >= 11 is 1.38. The lowest BCUT2D eigenvalue weighted by Gasteiger charge is -2.15. The van der Waals surface area contributed by atoms with Gasteiger partial charge < -0.3 is 10.1 Å². The molecule has 8 heteroatoms. The Labute approximate surface area is 200 Å². The smallest absolute Gasteiger partial charge is 0.420 e. The van der Waals surface area contributed by atoms with Crippen molar-refractivity contribution in [3.8, 4) is 17.0 Å². The van der Waals surface area contributed by atoms with Crippen molar-refractivity contribution < 1.29 is 17.9 Å². The molecule has 0 aliphatic heterocycles. The third kappa shape index (κ3) is 6.14. The Morgan fingerprint density at radius 2 is 1.82 bits per heavy atom. The van der Waals surface area contributed by atoms with Crippen LogP contribution in [-0.4, -0.2) is 16.6 Å². The quantitative estimate of drug-likeness (QED) is 0.248. The second-order valence-electron chi connectivity index (χ2n) is 7.79. The molecular weight excluding hydrogens is 459 g/mol. The number of ether oxygens (including phenoxy) is 1. The van der Waals surface area contributed by atoms with Crippen molar-refractivity contribution in [1.82, 2.24) is 9.97 Å². The van der Waals surface area contributed by atoms with Gasteiger partial charge in [0.1, 0.15) is 5.75 Å². The molecule has 34 heavy (non-hydrogen) atoms. The Morgan fingerprint density at radius 1 is 1.00 bits per heavy atom. The van der Waals surface area contributed by atoms with Crippen LogP contribution >= 0.6 is 11.3 Å². The van der Waals surface area contributed by atoms with Gasteiger partial charge in [0.25, 0.3) is 0 Å². The van der Waals surface area contributed by atoms with Crippen molar-refractivity contribution >= 4 is 22.2 Å². The summed E-state index contributed by atoms with van der Waals surface area (Å²) in [5, 5.41) is 3.51. The first-order valence-electron chi connectivity index (χ1n) is 10.9. The van der Waals surface area contributed by atoms with E-state index in [1.54, 1.807) is 18.5 Å². The van der Waals surface area contributed by atoms with Gasteiger partial charge >= 0.3 is 6.18 Å². The van der Waals surface area contributed by atoms with Gasteiger partial charge in [-0.05, 0) is 62.1 Å². The molecule has 1 N–H and O–H groups in total. The molecular formula is C26H24F3N3OS. The first-order valence-corrected chi connectivity index (χ1v) is 11.7. The molecule has 2 aromatic heterocycles. The first kappa shape index (κ1) is 23.8. The number of hydrogen-bond donors (Lipinski definition) is 1. The van der Waals surface area contributed by atoms with E-state index in [4.69, 9.17) is 4.74 Å². The van der Waals surface area contributed by atoms with Crippen molar-refractivity contribution in [2.45, 2.75) is 32.4 Å². The van der Waals surface area contributed by atoms with Gasteiger partial charge in [0.05, 0.1) is 17.9 Å². The molecule has 0 aliphatic carbocycles. The van der Waals surface area contributed by atoms with E-state index in [9.17, 15) is 13.2 Å². The van der Waals surface area contributed by atoms with Crippen molar-refractivity contribution in [1.29, 1.82) is 0 Å². The maximum absolute atomic E-state index is 13.7. The van der Waals surface area contributed by atoms with Crippen molar-refractivity contribution in [3.05, 3.63) is 89.1 Å². The highest BCUT2D eigenvalue weighted by Crippen LogP contribution is 2.39. The van der Waals surface area contributed by atoms with E-state index in [0.717, 1.165) is 35.0 Å². The highest BCUT2D eigenvalue weighted by atomic mass is 32.1. The summed E-state index contributed by atoms with van der Waals surface area (Å²) in [6.45, 7) is 2.14.